The minimum atomic E-state index is -0.934. The zero-order valence-corrected chi connectivity index (χ0v) is 12.1. The second-order valence-corrected chi connectivity index (χ2v) is 5.09. The molecule has 0 amide bonds. The molecule has 0 saturated carbocycles. The van der Waals surface area contributed by atoms with Gasteiger partial charge in [-0.25, -0.2) is 9.78 Å². The third kappa shape index (κ3) is 4.87. The maximum Gasteiger partial charge on any atom is 0.335 e. The molecule has 0 radical (unpaired) electrons. The van der Waals surface area contributed by atoms with Crippen LogP contribution in [0.15, 0.2) is 18.3 Å². The Hall–Kier alpha value is -1.62. The molecule has 0 aliphatic rings. The van der Waals surface area contributed by atoms with Crippen LogP contribution in [-0.4, -0.2) is 46.1 Å². The van der Waals surface area contributed by atoms with Crippen molar-refractivity contribution in [2.24, 2.45) is 0 Å². The summed E-state index contributed by atoms with van der Waals surface area (Å²) >= 11 is 0. The summed E-state index contributed by atoms with van der Waals surface area (Å²) in [6.45, 7) is 10.3. The molecule has 0 saturated heterocycles. The number of carboxylic acid groups (broad SMARTS) is 1. The molecule has 106 valence electrons. The van der Waals surface area contributed by atoms with Crippen LogP contribution in [0, 0.1) is 0 Å². The first-order valence-electron chi connectivity index (χ1n) is 6.60. The van der Waals surface area contributed by atoms with Gasteiger partial charge in [0.05, 0.1) is 5.56 Å². The lowest BCUT2D eigenvalue weighted by Gasteiger charge is -2.30. The van der Waals surface area contributed by atoms with E-state index in [0.717, 1.165) is 13.1 Å². The van der Waals surface area contributed by atoms with Gasteiger partial charge in [0, 0.05) is 31.4 Å². The third-order valence-corrected chi connectivity index (χ3v) is 3.01. The van der Waals surface area contributed by atoms with Crippen LogP contribution in [0.5, 0.6) is 0 Å². The van der Waals surface area contributed by atoms with Gasteiger partial charge in [-0.3, -0.25) is 4.90 Å². The van der Waals surface area contributed by atoms with Crippen LogP contribution in [0.4, 0.5) is 5.82 Å². The van der Waals surface area contributed by atoms with Gasteiger partial charge in [0.15, 0.2) is 0 Å². The van der Waals surface area contributed by atoms with E-state index in [4.69, 9.17) is 5.11 Å². The quantitative estimate of drug-likeness (QED) is 0.792. The van der Waals surface area contributed by atoms with Crippen molar-refractivity contribution < 1.29 is 9.90 Å². The Morgan fingerprint density at radius 3 is 2.53 bits per heavy atom. The summed E-state index contributed by atoms with van der Waals surface area (Å²) in [7, 11) is 0. The largest absolute Gasteiger partial charge is 0.478 e. The molecule has 19 heavy (non-hydrogen) atoms. The first kappa shape index (κ1) is 15.4. The summed E-state index contributed by atoms with van der Waals surface area (Å²) in [5.74, 6) is -0.330. The first-order valence-corrected chi connectivity index (χ1v) is 6.60. The van der Waals surface area contributed by atoms with E-state index in [9.17, 15) is 4.79 Å². The normalized spacial score (nSPS) is 11.3. The maximum atomic E-state index is 10.9. The van der Waals surface area contributed by atoms with Gasteiger partial charge < -0.3 is 10.4 Å². The Morgan fingerprint density at radius 2 is 2.00 bits per heavy atom. The van der Waals surface area contributed by atoms with Gasteiger partial charge in [-0.15, -0.1) is 0 Å². The van der Waals surface area contributed by atoms with Gasteiger partial charge in [-0.1, -0.05) is 0 Å². The zero-order valence-electron chi connectivity index (χ0n) is 12.1. The summed E-state index contributed by atoms with van der Waals surface area (Å²) in [6, 6.07) is 4.01. The van der Waals surface area contributed by atoms with Gasteiger partial charge in [-0.05, 0) is 39.8 Å². The molecule has 1 heterocycles. The van der Waals surface area contributed by atoms with Gasteiger partial charge in [0.25, 0.3) is 0 Å². The van der Waals surface area contributed by atoms with Crippen molar-refractivity contribution >= 4 is 11.8 Å². The average molecular weight is 265 g/mol. The molecule has 0 aromatic carbocycles. The number of hydrogen-bond donors (Lipinski definition) is 2. The Labute approximate surface area is 114 Å². The number of carbonyl (C=O) groups is 1. The maximum absolute atomic E-state index is 10.9. The summed E-state index contributed by atoms with van der Waals surface area (Å²) in [4.78, 5) is 17.3. The fraction of sp³-hybridized carbons (Fsp3) is 0.571. The summed E-state index contributed by atoms with van der Waals surface area (Å²) < 4.78 is 0. The standard InChI is InChI=1S/C14H23N3O2/c1-10(2)17(11(3)4)8-7-16-13-9-12(14(18)19)5-6-15-13/h5-6,9-11H,7-8H2,1-4H3,(H,15,16)(H,18,19). The first-order chi connectivity index (χ1) is 8.91. The number of rotatable bonds is 7. The number of anilines is 1. The molecular formula is C14H23N3O2. The van der Waals surface area contributed by atoms with Gasteiger partial charge >= 0.3 is 5.97 Å². The number of pyridine rings is 1. The highest BCUT2D eigenvalue weighted by molar-refractivity contribution is 5.88. The molecular weight excluding hydrogens is 242 g/mol. The fourth-order valence-electron chi connectivity index (χ4n) is 2.09. The fourth-order valence-corrected chi connectivity index (χ4v) is 2.09. The lowest BCUT2D eigenvalue weighted by atomic mass is 10.2. The molecule has 0 unspecified atom stereocenters. The van der Waals surface area contributed by atoms with E-state index in [-0.39, 0.29) is 5.56 Å². The number of aromatic carboxylic acids is 1. The topological polar surface area (TPSA) is 65.5 Å². The predicted molar refractivity (Wildman–Crippen MR) is 76.7 cm³/mol. The molecule has 5 heteroatoms. The van der Waals surface area contributed by atoms with Crippen LogP contribution in [0.3, 0.4) is 0 Å². The SMILES string of the molecule is CC(C)N(CCNc1cc(C(=O)O)ccn1)C(C)C. The Bertz CT molecular complexity index is 411. The van der Waals surface area contributed by atoms with E-state index >= 15 is 0 Å². The smallest absolute Gasteiger partial charge is 0.335 e. The summed E-state index contributed by atoms with van der Waals surface area (Å²) in [6.07, 6.45) is 1.51. The van der Waals surface area contributed by atoms with Gasteiger partial charge in [-0.2, -0.15) is 0 Å². The van der Waals surface area contributed by atoms with Gasteiger partial charge in [0.2, 0.25) is 0 Å². The van der Waals surface area contributed by atoms with Crippen LogP contribution in [-0.2, 0) is 0 Å². The molecule has 1 rings (SSSR count). The molecule has 0 fully saturated rings. The van der Waals surface area contributed by atoms with Crippen molar-refractivity contribution in [2.45, 2.75) is 39.8 Å². The highest BCUT2D eigenvalue weighted by Crippen LogP contribution is 2.08. The number of aromatic nitrogens is 1. The third-order valence-electron chi connectivity index (χ3n) is 3.01. The van der Waals surface area contributed by atoms with Crippen LogP contribution >= 0.6 is 0 Å². The van der Waals surface area contributed by atoms with E-state index in [1.165, 1.54) is 12.3 Å². The lowest BCUT2D eigenvalue weighted by Crippen LogP contribution is -2.40. The Morgan fingerprint density at radius 1 is 1.37 bits per heavy atom. The van der Waals surface area contributed by atoms with Crippen molar-refractivity contribution in [2.75, 3.05) is 18.4 Å². The monoisotopic (exact) mass is 265 g/mol. The van der Waals surface area contributed by atoms with Crippen molar-refractivity contribution in [1.29, 1.82) is 0 Å². The number of nitrogens with zero attached hydrogens (tertiary/aromatic N) is 2. The highest BCUT2D eigenvalue weighted by Gasteiger charge is 2.12. The molecule has 1 aromatic heterocycles. The van der Waals surface area contributed by atoms with Crippen LogP contribution in [0.1, 0.15) is 38.1 Å². The molecule has 0 atom stereocenters. The molecule has 0 bridgehead atoms. The van der Waals surface area contributed by atoms with Crippen LogP contribution in [0.25, 0.3) is 0 Å². The van der Waals surface area contributed by atoms with Crippen molar-refractivity contribution in [3.8, 4) is 0 Å². The molecule has 0 aliphatic heterocycles. The van der Waals surface area contributed by atoms with Crippen LogP contribution < -0.4 is 5.32 Å². The van der Waals surface area contributed by atoms with E-state index in [1.54, 1.807) is 6.07 Å². The van der Waals surface area contributed by atoms with E-state index in [0.29, 0.717) is 17.9 Å². The average Bonchev–Trinajstić information content (AvgIpc) is 2.34. The molecule has 5 nitrogen and oxygen atoms in total. The lowest BCUT2D eigenvalue weighted by molar-refractivity contribution is 0.0697. The number of nitrogens with one attached hydrogen (secondary N) is 1. The second kappa shape index (κ2) is 7.09. The summed E-state index contributed by atoms with van der Waals surface area (Å²) in [5, 5.41) is 12.1. The Balaban J connectivity index is 2.53. The predicted octanol–water partition coefficient (Wildman–Crippen LogP) is 2.31. The van der Waals surface area contributed by atoms with Crippen molar-refractivity contribution in [3.05, 3.63) is 23.9 Å². The second-order valence-electron chi connectivity index (χ2n) is 5.09. The number of hydrogen-bond acceptors (Lipinski definition) is 4. The molecule has 0 aliphatic carbocycles. The summed E-state index contributed by atoms with van der Waals surface area (Å²) in [5.41, 5.74) is 0.252. The highest BCUT2D eigenvalue weighted by atomic mass is 16.4. The Kier molecular flexibility index (Phi) is 5.76. The molecule has 2 N–H and O–H groups in total. The van der Waals surface area contributed by atoms with Crippen molar-refractivity contribution in [3.63, 3.8) is 0 Å². The minimum Gasteiger partial charge on any atom is -0.478 e. The minimum absolute atomic E-state index is 0.252. The molecule has 1 aromatic rings. The van der Waals surface area contributed by atoms with E-state index in [1.807, 2.05) is 0 Å². The van der Waals surface area contributed by atoms with Gasteiger partial charge in [0.1, 0.15) is 5.82 Å². The molecule has 0 spiro atoms. The zero-order chi connectivity index (χ0) is 14.4. The van der Waals surface area contributed by atoms with E-state index < -0.39 is 5.97 Å². The van der Waals surface area contributed by atoms with Crippen molar-refractivity contribution in [1.82, 2.24) is 9.88 Å². The van der Waals surface area contributed by atoms with E-state index in [2.05, 4.69) is 42.9 Å². The van der Waals surface area contributed by atoms with Crippen LogP contribution in [0.2, 0.25) is 0 Å². The number of carboxylic acids is 1.